The molecule has 6 heteroatoms. The molecule has 0 heterocycles. The van der Waals surface area contributed by atoms with E-state index in [0.29, 0.717) is 11.8 Å². The van der Waals surface area contributed by atoms with Crippen LogP contribution in [0.4, 0.5) is 0 Å². The number of aliphatic hydroxyl groups is 1. The average molecular weight is 393 g/mol. The van der Waals surface area contributed by atoms with Crippen LogP contribution in [0, 0.1) is 11.8 Å². The predicted molar refractivity (Wildman–Crippen MR) is 118 cm³/mol. The lowest BCUT2D eigenvalue weighted by atomic mass is 9.94. The van der Waals surface area contributed by atoms with E-state index in [-0.39, 0.29) is 12.6 Å². The Kier molecular flexibility index (Phi) is 11.6. The number of aliphatic hydroxyl groups excluding tert-OH is 1. The third kappa shape index (κ3) is 8.93. The highest BCUT2D eigenvalue weighted by Crippen LogP contribution is 2.21. The highest BCUT2D eigenvalue weighted by atomic mass is 16.5. The molecular weight excluding hydrogens is 352 g/mol. The van der Waals surface area contributed by atoms with Crippen molar-refractivity contribution in [3.63, 3.8) is 0 Å². The Morgan fingerprint density at radius 2 is 1.86 bits per heavy atom. The normalized spacial score (nSPS) is 14.2. The molecule has 2 atom stereocenters. The number of nitrogens with one attached hydrogen (secondary N) is 2. The molecule has 6 nitrogen and oxygen atoms in total. The first kappa shape index (κ1) is 24.2. The van der Waals surface area contributed by atoms with Gasteiger partial charge in [0.15, 0.2) is 5.96 Å². The average Bonchev–Trinajstić information content (AvgIpc) is 2.66. The van der Waals surface area contributed by atoms with Crippen molar-refractivity contribution in [2.75, 3.05) is 47.4 Å². The number of benzene rings is 1. The summed E-state index contributed by atoms with van der Waals surface area (Å²) in [6, 6.07) is 8.43. The molecule has 0 aliphatic rings. The van der Waals surface area contributed by atoms with E-state index in [0.717, 1.165) is 44.2 Å². The minimum atomic E-state index is 0.219. The molecule has 1 aromatic rings. The summed E-state index contributed by atoms with van der Waals surface area (Å²) in [6.45, 7) is 9.02. The van der Waals surface area contributed by atoms with Crippen LogP contribution in [0.5, 0.6) is 5.75 Å². The first-order valence-electron chi connectivity index (χ1n) is 10.3. The molecule has 2 unspecified atom stereocenters. The Hall–Kier alpha value is -1.79. The van der Waals surface area contributed by atoms with Crippen LogP contribution in [0.15, 0.2) is 29.3 Å². The highest BCUT2D eigenvalue weighted by molar-refractivity contribution is 5.79. The van der Waals surface area contributed by atoms with Crippen molar-refractivity contribution in [2.45, 2.75) is 39.7 Å². The highest BCUT2D eigenvalue weighted by Gasteiger charge is 2.15. The van der Waals surface area contributed by atoms with Crippen LogP contribution < -0.4 is 15.4 Å². The molecule has 28 heavy (non-hydrogen) atoms. The molecule has 3 N–H and O–H groups in total. The van der Waals surface area contributed by atoms with Gasteiger partial charge in [0.05, 0.1) is 13.2 Å². The van der Waals surface area contributed by atoms with Crippen LogP contribution >= 0.6 is 0 Å². The van der Waals surface area contributed by atoms with Gasteiger partial charge in [-0.05, 0) is 63.4 Å². The van der Waals surface area contributed by atoms with Crippen molar-refractivity contribution in [3.8, 4) is 5.75 Å². The van der Waals surface area contributed by atoms with Gasteiger partial charge in [-0.1, -0.05) is 26.0 Å². The smallest absolute Gasteiger partial charge is 0.191 e. The van der Waals surface area contributed by atoms with Gasteiger partial charge in [-0.15, -0.1) is 0 Å². The zero-order valence-corrected chi connectivity index (χ0v) is 18.5. The minimum absolute atomic E-state index is 0.219. The van der Waals surface area contributed by atoms with Gasteiger partial charge in [-0.3, -0.25) is 4.99 Å². The summed E-state index contributed by atoms with van der Waals surface area (Å²) in [6.07, 6.45) is 1.88. The van der Waals surface area contributed by atoms with E-state index in [2.05, 4.69) is 62.5 Å². The van der Waals surface area contributed by atoms with E-state index in [1.54, 1.807) is 7.11 Å². The van der Waals surface area contributed by atoms with E-state index in [1.807, 2.05) is 12.1 Å². The van der Waals surface area contributed by atoms with Crippen molar-refractivity contribution in [1.82, 2.24) is 15.5 Å². The van der Waals surface area contributed by atoms with Gasteiger partial charge >= 0.3 is 0 Å². The van der Waals surface area contributed by atoms with E-state index < -0.39 is 0 Å². The van der Waals surface area contributed by atoms with Gasteiger partial charge in [0.1, 0.15) is 5.75 Å². The Bertz CT molecular complexity index is 558. The second-order valence-electron chi connectivity index (χ2n) is 7.86. The summed E-state index contributed by atoms with van der Waals surface area (Å²) in [7, 11) is 5.85. The lowest BCUT2D eigenvalue weighted by molar-refractivity contribution is 0.245. The monoisotopic (exact) mass is 392 g/mol. The summed E-state index contributed by atoms with van der Waals surface area (Å²) in [4.78, 5) is 6.98. The number of rotatable bonds is 12. The van der Waals surface area contributed by atoms with Crippen LogP contribution in [0.3, 0.4) is 0 Å². The van der Waals surface area contributed by atoms with Crippen molar-refractivity contribution in [3.05, 3.63) is 29.8 Å². The number of methoxy groups -OCH3 is 1. The Morgan fingerprint density at radius 1 is 1.18 bits per heavy atom. The number of guanidine groups is 1. The largest absolute Gasteiger partial charge is 0.497 e. The maximum atomic E-state index is 9.32. The predicted octanol–water partition coefficient (Wildman–Crippen LogP) is 2.90. The second kappa shape index (κ2) is 13.4. The van der Waals surface area contributed by atoms with E-state index in [1.165, 1.54) is 5.56 Å². The zero-order chi connectivity index (χ0) is 20.9. The van der Waals surface area contributed by atoms with E-state index in [9.17, 15) is 5.11 Å². The maximum absolute atomic E-state index is 9.32. The van der Waals surface area contributed by atoms with Crippen molar-refractivity contribution in [1.29, 1.82) is 0 Å². The maximum Gasteiger partial charge on any atom is 0.191 e. The zero-order valence-electron chi connectivity index (χ0n) is 18.5. The SMILES string of the molecule is CCNC(=NCC(CCO)CC(C)C)NCC(c1ccc(OC)cc1)N(C)C. The number of ether oxygens (including phenoxy) is 1. The summed E-state index contributed by atoms with van der Waals surface area (Å²) in [5, 5.41) is 16.1. The summed E-state index contributed by atoms with van der Waals surface area (Å²) in [5.74, 6) is 2.71. The Morgan fingerprint density at radius 3 is 2.36 bits per heavy atom. The second-order valence-corrected chi connectivity index (χ2v) is 7.86. The molecule has 0 amide bonds. The molecule has 0 aliphatic carbocycles. The van der Waals surface area contributed by atoms with E-state index in [4.69, 9.17) is 9.73 Å². The molecule has 0 radical (unpaired) electrons. The number of nitrogens with zero attached hydrogens (tertiary/aromatic N) is 2. The van der Waals surface area contributed by atoms with Crippen LogP contribution in [-0.2, 0) is 0 Å². The summed E-state index contributed by atoms with van der Waals surface area (Å²) >= 11 is 0. The molecule has 1 rings (SSSR count). The molecule has 0 saturated heterocycles. The topological polar surface area (TPSA) is 69.1 Å². The van der Waals surface area contributed by atoms with Crippen LogP contribution in [0.2, 0.25) is 0 Å². The van der Waals surface area contributed by atoms with Gasteiger partial charge in [0.25, 0.3) is 0 Å². The Labute approximate surface area is 171 Å². The van der Waals surface area contributed by atoms with Gasteiger partial charge in [-0.2, -0.15) is 0 Å². The molecule has 1 aromatic carbocycles. The molecule has 0 spiro atoms. The minimum Gasteiger partial charge on any atom is -0.497 e. The molecule has 0 saturated carbocycles. The third-order valence-electron chi connectivity index (χ3n) is 4.78. The molecule has 0 bridgehead atoms. The fourth-order valence-corrected chi connectivity index (χ4v) is 3.31. The Balaban J connectivity index is 2.78. The number of likely N-dealkylation sites (N-methyl/N-ethyl adjacent to an activating group) is 1. The fourth-order valence-electron chi connectivity index (χ4n) is 3.31. The van der Waals surface area contributed by atoms with Gasteiger partial charge in [-0.25, -0.2) is 0 Å². The quantitative estimate of drug-likeness (QED) is 0.377. The third-order valence-corrected chi connectivity index (χ3v) is 4.78. The van der Waals surface area contributed by atoms with Crippen molar-refractivity contribution < 1.29 is 9.84 Å². The number of aliphatic imine (C=N–C) groups is 1. The fraction of sp³-hybridized carbons (Fsp3) is 0.682. The van der Waals surface area contributed by atoms with Crippen LogP contribution in [0.25, 0.3) is 0 Å². The number of hydrogen-bond donors (Lipinski definition) is 3. The van der Waals surface area contributed by atoms with Crippen LogP contribution in [-0.4, -0.2) is 63.4 Å². The first-order chi connectivity index (χ1) is 13.4. The summed E-state index contributed by atoms with van der Waals surface area (Å²) < 4.78 is 5.26. The standard InChI is InChI=1S/C22H40N4O2/c1-7-23-22(24-15-18(12-13-27)14-17(2)3)25-16-21(26(4)5)19-8-10-20(28-6)11-9-19/h8-11,17-18,21,27H,7,12-16H2,1-6H3,(H2,23,24,25). The molecule has 0 fully saturated rings. The van der Waals surface area contributed by atoms with Gasteiger partial charge in [0, 0.05) is 26.2 Å². The lowest BCUT2D eigenvalue weighted by Gasteiger charge is -2.26. The molecule has 0 aliphatic heterocycles. The first-order valence-corrected chi connectivity index (χ1v) is 10.3. The van der Waals surface area contributed by atoms with Crippen molar-refractivity contribution >= 4 is 5.96 Å². The van der Waals surface area contributed by atoms with Crippen LogP contribution in [0.1, 0.15) is 45.2 Å². The molecule has 0 aromatic heterocycles. The van der Waals surface area contributed by atoms with Gasteiger partial charge in [0.2, 0.25) is 0 Å². The lowest BCUT2D eigenvalue weighted by Crippen LogP contribution is -2.42. The summed E-state index contributed by atoms with van der Waals surface area (Å²) in [5.41, 5.74) is 1.23. The number of hydrogen-bond acceptors (Lipinski definition) is 4. The van der Waals surface area contributed by atoms with Gasteiger partial charge < -0.3 is 25.4 Å². The molecular formula is C22H40N4O2. The van der Waals surface area contributed by atoms with E-state index >= 15 is 0 Å². The molecule has 160 valence electrons. The van der Waals surface area contributed by atoms with Crippen molar-refractivity contribution in [2.24, 2.45) is 16.8 Å².